The van der Waals surface area contributed by atoms with E-state index in [0.29, 0.717) is 0 Å². The summed E-state index contributed by atoms with van der Waals surface area (Å²) < 4.78 is 0. The van der Waals surface area contributed by atoms with Crippen LogP contribution in [0, 0.1) is 0 Å². The van der Waals surface area contributed by atoms with Crippen molar-refractivity contribution < 1.29 is 0 Å². The van der Waals surface area contributed by atoms with E-state index in [-0.39, 0.29) is 17.4 Å². The second kappa shape index (κ2) is 4.80. The fraction of sp³-hybridized carbons (Fsp3) is 0.250. The second-order valence-electron chi connectivity index (χ2n) is 1.94. The monoisotopic (exact) mass is 167 g/mol. The Morgan fingerprint density at radius 1 is 1.30 bits per heavy atom. The van der Waals surface area contributed by atoms with E-state index < -0.39 is 0 Å². The maximum atomic E-state index is 5.82. The third kappa shape index (κ3) is 2.34. The van der Waals surface area contributed by atoms with Crippen LogP contribution >= 0.6 is 11.6 Å². The van der Waals surface area contributed by atoms with E-state index in [1.807, 2.05) is 24.3 Å². The number of halogens is 1. The van der Waals surface area contributed by atoms with Crippen LogP contribution in [-0.4, -0.2) is 17.4 Å². The van der Waals surface area contributed by atoms with E-state index >= 15 is 0 Å². The molecule has 0 spiro atoms. The van der Waals surface area contributed by atoms with Gasteiger partial charge in [0.05, 0.1) is 0 Å². The van der Waals surface area contributed by atoms with Crippen molar-refractivity contribution in [2.75, 3.05) is 0 Å². The Hall–Kier alpha value is 0.0425. The molecule has 10 heavy (non-hydrogen) atoms. The van der Waals surface area contributed by atoms with Crippen LogP contribution in [0.25, 0.3) is 0 Å². The van der Waals surface area contributed by atoms with Crippen LogP contribution in [0.2, 0.25) is 5.02 Å². The molecule has 3 radical (unpaired) electrons. The molecule has 0 saturated heterocycles. The number of rotatable bonds is 1. The predicted molar refractivity (Wildman–Crippen MR) is 46.6 cm³/mol. The quantitative estimate of drug-likeness (QED) is 0.564. The Kier molecular flexibility index (Phi) is 4.82. The molecule has 0 fully saturated rings. The van der Waals surface area contributed by atoms with E-state index in [9.17, 15) is 0 Å². The molecule has 1 aromatic carbocycles. The summed E-state index contributed by atoms with van der Waals surface area (Å²) in [4.78, 5) is 0. The lowest BCUT2D eigenvalue weighted by molar-refractivity contribution is 1.14. The van der Waals surface area contributed by atoms with Gasteiger partial charge in [-0.05, 0) is 18.1 Å². The van der Waals surface area contributed by atoms with Crippen LogP contribution in [0.15, 0.2) is 24.3 Å². The molecule has 0 nitrogen and oxygen atoms in total. The smallest absolute Gasteiger partial charge is 0.0437 e. The molecule has 51 valence electrons. The molecule has 0 aliphatic carbocycles. The van der Waals surface area contributed by atoms with E-state index in [4.69, 9.17) is 11.6 Å². The molecule has 0 atom stereocenters. The molecule has 1 rings (SSSR count). The SMILES string of the molecule is CCc1ccccc1Cl.[Al]. The van der Waals surface area contributed by atoms with Crippen LogP contribution in [0.1, 0.15) is 12.5 Å². The Morgan fingerprint density at radius 3 is 2.30 bits per heavy atom. The van der Waals surface area contributed by atoms with Gasteiger partial charge in [0.25, 0.3) is 0 Å². The molecule has 1 aromatic rings. The highest BCUT2D eigenvalue weighted by molar-refractivity contribution is 6.31. The maximum absolute atomic E-state index is 5.82. The largest absolute Gasteiger partial charge is 0.0840 e. The molecule has 0 N–H and O–H groups in total. The van der Waals surface area contributed by atoms with Gasteiger partial charge in [0.2, 0.25) is 0 Å². The number of hydrogen-bond donors (Lipinski definition) is 0. The van der Waals surface area contributed by atoms with Crippen molar-refractivity contribution in [3.8, 4) is 0 Å². The lowest BCUT2D eigenvalue weighted by Crippen LogP contribution is -1.78. The van der Waals surface area contributed by atoms with E-state index in [0.717, 1.165) is 11.4 Å². The Labute approximate surface area is 77.3 Å². The Balaban J connectivity index is 0.000000810. The van der Waals surface area contributed by atoms with Crippen molar-refractivity contribution in [3.05, 3.63) is 34.9 Å². The fourth-order valence-electron chi connectivity index (χ4n) is 0.785. The molecule has 0 aliphatic rings. The average molecular weight is 168 g/mol. The third-order valence-corrected chi connectivity index (χ3v) is 1.71. The van der Waals surface area contributed by atoms with Crippen molar-refractivity contribution in [1.82, 2.24) is 0 Å². The summed E-state index contributed by atoms with van der Waals surface area (Å²) >= 11 is 5.82. The van der Waals surface area contributed by atoms with E-state index in [2.05, 4.69) is 6.92 Å². The van der Waals surface area contributed by atoms with Gasteiger partial charge in [0.15, 0.2) is 0 Å². The van der Waals surface area contributed by atoms with Crippen molar-refractivity contribution >= 4 is 29.0 Å². The highest BCUT2D eigenvalue weighted by Gasteiger charge is 1.91. The van der Waals surface area contributed by atoms with Gasteiger partial charge in [-0.15, -0.1) is 0 Å². The molecular formula is C8H9AlCl. The number of benzene rings is 1. The first-order valence-corrected chi connectivity index (χ1v) is 3.45. The average Bonchev–Trinajstić information content (AvgIpc) is 1.89. The Bertz CT molecular complexity index is 198. The zero-order valence-corrected chi connectivity index (χ0v) is 7.88. The molecule has 0 amide bonds. The topological polar surface area (TPSA) is 0 Å². The lowest BCUT2D eigenvalue weighted by atomic mass is 10.2. The molecule has 2 heteroatoms. The number of aryl methyl sites for hydroxylation is 1. The van der Waals surface area contributed by atoms with Crippen molar-refractivity contribution in [2.24, 2.45) is 0 Å². The first-order valence-electron chi connectivity index (χ1n) is 3.08. The molecule has 0 aliphatic heterocycles. The second-order valence-corrected chi connectivity index (χ2v) is 2.35. The fourth-order valence-corrected chi connectivity index (χ4v) is 1.05. The van der Waals surface area contributed by atoms with E-state index in [1.54, 1.807) is 0 Å². The molecule has 0 aromatic heterocycles. The van der Waals surface area contributed by atoms with Crippen molar-refractivity contribution in [3.63, 3.8) is 0 Å². The minimum Gasteiger partial charge on any atom is -0.0840 e. The minimum absolute atomic E-state index is 0. The van der Waals surface area contributed by atoms with Crippen LogP contribution in [0.3, 0.4) is 0 Å². The normalized spacial score (nSPS) is 8.60. The zero-order chi connectivity index (χ0) is 6.69. The van der Waals surface area contributed by atoms with Gasteiger partial charge in [0, 0.05) is 22.4 Å². The minimum atomic E-state index is 0. The highest BCUT2D eigenvalue weighted by atomic mass is 35.5. The van der Waals surface area contributed by atoms with Crippen LogP contribution < -0.4 is 0 Å². The van der Waals surface area contributed by atoms with Crippen LogP contribution in [-0.2, 0) is 6.42 Å². The third-order valence-electron chi connectivity index (χ3n) is 1.34. The van der Waals surface area contributed by atoms with Gasteiger partial charge >= 0.3 is 0 Å². The first kappa shape index (κ1) is 10.0. The van der Waals surface area contributed by atoms with Crippen molar-refractivity contribution in [1.29, 1.82) is 0 Å². The summed E-state index contributed by atoms with van der Waals surface area (Å²) in [5, 5.41) is 0.875. The van der Waals surface area contributed by atoms with Gasteiger partial charge in [-0.1, -0.05) is 36.7 Å². The maximum Gasteiger partial charge on any atom is 0.0437 e. The van der Waals surface area contributed by atoms with Gasteiger partial charge in [-0.3, -0.25) is 0 Å². The lowest BCUT2D eigenvalue weighted by Gasteiger charge is -1.96. The van der Waals surface area contributed by atoms with Gasteiger partial charge in [-0.2, -0.15) is 0 Å². The number of hydrogen-bond acceptors (Lipinski definition) is 0. The molecule has 0 saturated carbocycles. The van der Waals surface area contributed by atoms with Gasteiger partial charge < -0.3 is 0 Å². The Morgan fingerprint density at radius 2 is 1.90 bits per heavy atom. The molecule has 0 heterocycles. The van der Waals surface area contributed by atoms with Crippen molar-refractivity contribution in [2.45, 2.75) is 13.3 Å². The predicted octanol–water partition coefficient (Wildman–Crippen LogP) is 2.52. The molecule has 0 bridgehead atoms. The summed E-state index contributed by atoms with van der Waals surface area (Å²) in [6.45, 7) is 2.10. The van der Waals surface area contributed by atoms with Crippen LogP contribution in [0.4, 0.5) is 0 Å². The van der Waals surface area contributed by atoms with Crippen LogP contribution in [0.5, 0.6) is 0 Å². The molecular weight excluding hydrogens is 159 g/mol. The first-order chi connectivity index (χ1) is 4.34. The van der Waals surface area contributed by atoms with Gasteiger partial charge in [0.1, 0.15) is 0 Å². The zero-order valence-electron chi connectivity index (χ0n) is 5.97. The summed E-state index contributed by atoms with van der Waals surface area (Å²) in [7, 11) is 0. The van der Waals surface area contributed by atoms with Gasteiger partial charge in [-0.25, -0.2) is 0 Å². The standard InChI is InChI=1S/C8H9Cl.Al/c1-2-7-5-3-4-6-8(7)9;/h3-6H,2H2,1H3;. The highest BCUT2D eigenvalue weighted by Crippen LogP contribution is 2.14. The summed E-state index contributed by atoms with van der Waals surface area (Å²) in [6.07, 6.45) is 1.01. The molecule has 0 unspecified atom stereocenters. The summed E-state index contributed by atoms with van der Waals surface area (Å²) in [5.74, 6) is 0. The summed E-state index contributed by atoms with van der Waals surface area (Å²) in [6, 6.07) is 7.91. The summed E-state index contributed by atoms with van der Waals surface area (Å²) in [5.41, 5.74) is 1.22. The van der Waals surface area contributed by atoms with E-state index in [1.165, 1.54) is 5.56 Å².